The molecule has 1 aromatic carbocycles. The molecule has 1 heteroatoms. The third-order valence-electron chi connectivity index (χ3n) is 2.26. The highest BCUT2D eigenvalue weighted by Gasteiger charge is 1.96. The van der Waals surface area contributed by atoms with Crippen LogP contribution < -0.4 is 0 Å². The number of aromatic amines is 1. The molecule has 0 saturated carbocycles. The summed E-state index contributed by atoms with van der Waals surface area (Å²) in [5.74, 6) is 0. The van der Waals surface area contributed by atoms with Gasteiger partial charge in [-0.05, 0) is 36.1 Å². The molecule has 70 valence electrons. The van der Waals surface area contributed by atoms with Crippen molar-refractivity contribution in [2.75, 3.05) is 0 Å². The predicted molar refractivity (Wildman–Crippen MR) is 62.1 cm³/mol. The Kier molecular flexibility index (Phi) is 2.23. The van der Waals surface area contributed by atoms with Crippen molar-refractivity contribution in [3.8, 4) is 0 Å². The average molecular weight is 183 g/mol. The van der Waals surface area contributed by atoms with Crippen molar-refractivity contribution in [1.29, 1.82) is 0 Å². The van der Waals surface area contributed by atoms with E-state index in [1.165, 1.54) is 10.9 Å². The Morgan fingerprint density at radius 2 is 2.14 bits per heavy atom. The fourth-order valence-electron chi connectivity index (χ4n) is 1.48. The smallest absolute Gasteiger partial charge is 0.0458 e. The zero-order valence-electron chi connectivity index (χ0n) is 8.25. The zero-order valence-corrected chi connectivity index (χ0v) is 8.25. The Labute approximate surface area is 83.8 Å². The van der Waals surface area contributed by atoms with Crippen LogP contribution in [0.2, 0.25) is 0 Å². The minimum absolute atomic E-state index is 1.13. The summed E-state index contributed by atoms with van der Waals surface area (Å²) in [5.41, 5.74) is 3.47. The quantitative estimate of drug-likeness (QED) is 0.682. The number of nitrogens with one attached hydrogen (secondary N) is 1. The first-order valence-electron chi connectivity index (χ1n) is 4.68. The van der Waals surface area contributed by atoms with Gasteiger partial charge in [0.25, 0.3) is 0 Å². The highest BCUT2D eigenvalue weighted by atomic mass is 14.7. The van der Waals surface area contributed by atoms with Gasteiger partial charge in [0, 0.05) is 11.2 Å². The van der Waals surface area contributed by atoms with Gasteiger partial charge >= 0.3 is 0 Å². The molecule has 0 bridgehead atoms. The van der Waals surface area contributed by atoms with Gasteiger partial charge in [-0.25, -0.2) is 0 Å². The molecule has 2 rings (SSSR count). The molecule has 0 radical (unpaired) electrons. The lowest BCUT2D eigenvalue weighted by Gasteiger charge is -1.88. The standard InChI is InChI=1S/C13H13N/c1-3-10(2)8-12-9-11-6-4-5-7-13(11)14-12/h3-9,14H,1H2,2H3/b10-8+. The van der Waals surface area contributed by atoms with Crippen LogP contribution in [0.3, 0.4) is 0 Å². The molecule has 1 N–H and O–H groups in total. The first-order valence-corrected chi connectivity index (χ1v) is 4.68. The van der Waals surface area contributed by atoms with E-state index in [4.69, 9.17) is 0 Å². The van der Waals surface area contributed by atoms with Crippen LogP contribution in [-0.2, 0) is 0 Å². The zero-order chi connectivity index (χ0) is 9.97. The number of H-pyrrole nitrogens is 1. The van der Waals surface area contributed by atoms with E-state index < -0.39 is 0 Å². The van der Waals surface area contributed by atoms with Crippen LogP contribution in [0.25, 0.3) is 17.0 Å². The lowest BCUT2D eigenvalue weighted by atomic mass is 10.2. The Bertz CT molecular complexity index is 456. The molecule has 14 heavy (non-hydrogen) atoms. The van der Waals surface area contributed by atoms with Gasteiger partial charge in [-0.1, -0.05) is 30.9 Å². The van der Waals surface area contributed by atoms with Crippen molar-refractivity contribution < 1.29 is 0 Å². The van der Waals surface area contributed by atoms with Crippen LogP contribution in [0.1, 0.15) is 12.6 Å². The normalized spacial score (nSPS) is 11.9. The molecule has 0 unspecified atom stereocenters. The second-order valence-corrected chi connectivity index (χ2v) is 3.40. The van der Waals surface area contributed by atoms with Crippen LogP contribution in [0.5, 0.6) is 0 Å². The number of benzene rings is 1. The van der Waals surface area contributed by atoms with E-state index in [-0.39, 0.29) is 0 Å². The molecule has 0 aliphatic heterocycles. The van der Waals surface area contributed by atoms with Crippen LogP contribution in [0.4, 0.5) is 0 Å². The molecule has 0 spiro atoms. The van der Waals surface area contributed by atoms with Crippen LogP contribution >= 0.6 is 0 Å². The minimum Gasteiger partial charge on any atom is -0.355 e. The van der Waals surface area contributed by atoms with Crippen molar-refractivity contribution in [2.24, 2.45) is 0 Å². The van der Waals surface area contributed by atoms with Crippen molar-refractivity contribution >= 4 is 17.0 Å². The second kappa shape index (κ2) is 3.54. The predicted octanol–water partition coefficient (Wildman–Crippen LogP) is 3.76. The summed E-state index contributed by atoms with van der Waals surface area (Å²) in [6.45, 7) is 5.77. The maximum Gasteiger partial charge on any atom is 0.0458 e. The molecule has 0 aliphatic rings. The summed E-state index contributed by atoms with van der Waals surface area (Å²) in [6.07, 6.45) is 3.94. The summed E-state index contributed by atoms with van der Waals surface area (Å²) < 4.78 is 0. The topological polar surface area (TPSA) is 15.8 Å². The monoisotopic (exact) mass is 183 g/mol. The summed E-state index contributed by atoms with van der Waals surface area (Å²) in [6, 6.07) is 10.4. The maximum atomic E-state index is 3.73. The molecular weight excluding hydrogens is 170 g/mol. The van der Waals surface area contributed by atoms with Gasteiger partial charge < -0.3 is 4.98 Å². The highest BCUT2D eigenvalue weighted by molar-refractivity contribution is 5.82. The van der Waals surface area contributed by atoms with Crippen molar-refractivity contribution in [1.82, 2.24) is 4.98 Å². The van der Waals surface area contributed by atoms with Gasteiger partial charge in [-0.2, -0.15) is 0 Å². The van der Waals surface area contributed by atoms with E-state index in [1.807, 2.05) is 25.1 Å². The first-order chi connectivity index (χ1) is 6.79. The Balaban J connectivity index is 2.50. The van der Waals surface area contributed by atoms with E-state index in [0.29, 0.717) is 0 Å². The fourth-order valence-corrected chi connectivity index (χ4v) is 1.48. The number of rotatable bonds is 2. The number of para-hydroxylation sites is 1. The van der Waals surface area contributed by atoms with Gasteiger partial charge in [0.05, 0.1) is 0 Å². The molecular formula is C13H13N. The van der Waals surface area contributed by atoms with E-state index >= 15 is 0 Å². The van der Waals surface area contributed by atoms with E-state index in [2.05, 4.69) is 35.8 Å². The Morgan fingerprint density at radius 1 is 1.36 bits per heavy atom. The Hall–Kier alpha value is -1.76. The third-order valence-corrected chi connectivity index (χ3v) is 2.26. The van der Waals surface area contributed by atoms with Crippen molar-refractivity contribution in [3.05, 3.63) is 54.3 Å². The third kappa shape index (κ3) is 1.62. The fraction of sp³-hybridized carbons (Fsp3) is 0.0769. The average Bonchev–Trinajstić information content (AvgIpc) is 2.59. The number of hydrogen-bond acceptors (Lipinski definition) is 0. The highest BCUT2D eigenvalue weighted by Crippen LogP contribution is 2.16. The van der Waals surface area contributed by atoms with Crippen LogP contribution in [-0.4, -0.2) is 4.98 Å². The number of allylic oxidation sites excluding steroid dienone is 2. The van der Waals surface area contributed by atoms with Gasteiger partial charge in [0.15, 0.2) is 0 Å². The molecule has 2 aromatic rings. The van der Waals surface area contributed by atoms with E-state index in [0.717, 1.165) is 11.3 Å². The number of aromatic nitrogens is 1. The molecule has 1 heterocycles. The number of fused-ring (bicyclic) bond motifs is 1. The Morgan fingerprint density at radius 3 is 2.86 bits per heavy atom. The summed E-state index contributed by atoms with van der Waals surface area (Å²) in [5, 5.41) is 1.25. The van der Waals surface area contributed by atoms with Gasteiger partial charge in [-0.3, -0.25) is 0 Å². The lowest BCUT2D eigenvalue weighted by Crippen LogP contribution is -1.71. The maximum absolute atomic E-state index is 3.73. The van der Waals surface area contributed by atoms with Crippen molar-refractivity contribution in [2.45, 2.75) is 6.92 Å². The van der Waals surface area contributed by atoms with E-state index in [9.17, 15) is 0 Å². The first kappa shape index (κ1) is 8.82. The van der Waals surface area contributed by atoms with Gasteiger partial charge in [-0.15, -0.1) is 0 Å². The molecule has 0 saturated heterocycles. The number of hydrogen-bond donors (Lipinski definition) is 1. The lowest BCUT2D eigenvalue weighted by molar-refractivity contribution is 1.41. The summed E-state index contributed by atoms with van der Waals surface area (Å²) in [7, 11) is 0. The van der Waals surface area contributed by atoms with Crippen molar-refractivity contribution in [3.63, 3.8) is 0 Å². The molecule has 0 amide bonds. The van der Waals surface area contributed by atoms with E-state index in [1.54, 1.807) is 0 Å². The molecule has 0 aliphatic carbocycles. The molecule has 0 fully saturated rings. The summed E-state index contributed by atoms with van der Waals surface area (Å²) in [4.78, 5) is 3.34. The second-order valence-electron chi connectivity index (χ2n) is 3.40. The van der Waals surface area contributed by atoms with Crippen LogP contribution in [0, 0.1) is 0 Å². The molecule has 0 atom stereocenters. The van der Waals surface area contributed by atoms with Gasteiger partial charge in [0.1, 0.15) is 0 Å². The van der Waals surface area contributed by atoms with Gasteiger partial charge in [0.2, 0.25) is 0 Å². The SMILES string of the molecule is C=C/C(C)=C/c1cc2ccccc2[nH]1. The molecule has 1 aromatic heterocycles. The minimum atomic E-state index is 1.13. The van der Waals surface area contributed by atoms with Crippen LogP contribution in [0.15, 0.2) is 48.6 Å². The largest absolute Gasteiger partial charge is 0.355 e. The summed E-state index contributed by atoms with van der Waals surface area (Å²) >= 11 is 0. The molecule has 1 nitrogen and oxygen atoms in total.